The fraction of sp³-hybridized carbons (Fsp3) is 0.364. The lowest BCUT2D eigenvalue weighted by atomic mass is 10.1. The molecule has 0 bridgehead atoms. The van der Waals surface area contributed by atoms with Crippen molar-refractivity contribution in [1.29, 1.82) is 0 Å². The van der Waals surface area contributed by atoms with Crippen molar-refractivity contribution < 1.29 is 16.7 Å². The van der Waals surface area contributed by atoms with Crippen LogP contribution in [-0.4, -0.2) is 64.1 Å². The van der Waals surface area contributed by atoms with Crippen LogP contribution in [0.4, 0.5) is 26.1 Å². The molecule has 4 rings (SSSR count). The van der Waals surface area contributed by atoms with Crippen molar-refractivity contribution in [2.24, 2.45) is 0 Å². The van der Waals surface area contributed by atoms with Crippen molar-refractivity contribution in [3.05, 3.63) is 59.9 Å². The van der Waals surface area contributed by atoms with Crippen LogP contribution in [0, 0.1) is 18.6 Å². The molecule has 0 unspecified atom stereocenters. The maximum absolute atomic E-state index is 13.5. The summed E-state index contributed by atoms with van der Waals surface area (Å²) in [6.45, 7) is 6.96. The van der Waals surface area contributed by atoms with Gasteiger partial charge >= 0.3 is 0 Å². The smallest absolute Gasteiger partial charge is 0.246 e. The molecule has 2 N–H and O–H groups in total. The second-order valence-corrected chi connectivity index (χ2v) is 7.73. The van der Waals surface area contributed by atoms with Gasteiger partial charge in [0.05, 0.1) is 5.69 Å². The Kier molecular flexibility index (Phi) is 6.43. The lowest BCUT2D eigenvalue weighted by molar-refractivity contribution is 0.216. The Hall–Kier alpha value is -3.04. The maximum atomic E-state index is 13.5. The quantitative estimate of drug-likeness (QED) is 0.595. The third-order valence-electron chi connectivity index (χ3n) is 5.29. The normalized spacial score (nSPS) is 14.8. The molecule has 9 heteroatoms. The molecule has 1 aliphatic rings. The van der Waals surface area contributed by atoms with E-state index in [0.29, 0.717) is 5.95 Å². The van der Waals surface area contributed by atoms with Crippen molar-refractivity contribution in [3.63, 3.8) is 0 Å². The van der Waals surface area contributed by atoms with E-state index in [-0.39, 0.29) is 15.1 Å². The number of benzene rings is 2. The van der Waals surface area contributed by atoms with E-state index in [1.54, 1.807) is 0 Å². The van der Waals surface area contributed by atoms with Gasteiger partial charge in [-0.25, -0.2) is 13.5 Å². The monoisotopic (exact) mass is 432 g/mol. The number of anilines is 3. The van der Waals surface area contributed by atoms with E-state index in [0.717, 1.165) is 62.1 Å². The molecule has 2 aromatic carbocycles. The van der Waals surface area contributed by atoms with Crippen molar-refractivity contribution in [1.82, 2.24) is 19.7 Å². The molecule has 0 atom stereocenters. The van der Waals surface area contributed by atoms with E-state index in [4.69, 9.17) is 5.11 Å². The van der Waals surface area contributed by atoms with Gasteiger partial charge in [-0.05, 0) is 49.2 Å². The van der Waals surface area contributed by atoms with Gasteiger partial charge in [-0.3, -0.25) is 4.90 Å². The highest BCUT2D eigenvalue weighted by atomic mass is 19.1. The number of aryl methyl sites for hydroxylation is 1. The number of nitrogens with zero attached hydrogens (tertiary/aromatic N) is 5. The zero-order chi connectivity index (χ0) is 21.8. The average molecular weight is 433 g/mol. The van der Waals surface area contributed by atoms with Crippen LogP contribution in [0.3, 0.4) is 0 Å². The number of nitrogens with one attached hydrogen (secondary N) is 1. The highest BCUT2D eigenvalue weighted by Gasteiger charge is 2.17. The summed E-state index contributed by atoms with van der Waals surface area (Å²) in [6.07, 6.45) is 2.22. The van der Waals surface area contributed by atoms with Crippen LogP contribution in [0.2, 0.25) is 0 Å². The van der Waals surface area contributed by atoms with Gasteiger partial charge in [0.2, 0.25) is 5.95 Å². The molecule has 1 aliphatic heterocycles. The molecule has 0 saturated carbocycles. The predicted molar refractivity (Wildman–Crippen MR) is 120 cm³/mol. The molecule has 0 spiro atoms. The fourth-order valence-corrected chi connectivity index (χ4v) is 3.79. The Morgan fingerprint density at radius 2 is 1.74 bits per heavy atom. The van der Waals surface area contributed by atoms with Crippen LogP contribution in [0.1, 0.15) is 14.8 Å². The van der Waals surface area contributed by atoms with E-state index in [1.165, 1.54) is 23.1 Å². The summed E-state index contributed by atoms with van der Waals surface area (Å²) in [5, 5.41) is 16.5. The molecule has 2 heterocycles. The van der Waals surface area contributed by atoms with Crippen LogP contribution < -0.4 is 10.2 Å². The van der Waals surface area contributed by atoms with Gasteiger partial charge in [0, 0.05) is 59.6 Å². The summed E-state index contributed by atoms with van der Waals surface area (Å²) < 4.78 is 28.3. The first-order chi connectivity index (χ1) is 15.0. The zero-order valence-corrected chi connectivity index (χ0v) is 17.4. The second kappa shape index (κ2) is 9.40. The van der Waals surface area contributed by atoms with E-state index in [1.807, 2.05) is 13.0 Å². The second-order valence-electron chi connectivity index (χ2n) is 7.73. The molecule has 0 aliphatic carbocycles. The Bertz CT molecular complexity index is 1020. The van der Waals surface area contributed by atoms with Gasteiger partial charge in [0.25, 0.3) is 0 Å². The van der Waals surface area contributed by atoms with E-state index < -0.39 is 11.6 Å². The minimum Gasteiger partial charge on any atom is -0.396 e. The Morgan fingerprint density at radius 1 is 1.00 bits per heavy atom. The third-order valence-corrected chi connectivity index (χ3v) is 5.29. The average Bonchev–Trinajstić information content (AvgIpc) is 3.20. The lowest BCUT2D eigenvalue weighted by Crippen LogP contribution is -2.46. The zero-order valence-electron chi connectivity index (χ0n) is 17.4. The molecule has 0 amide bonds. The predicted octanol–water partition coefficient (Wildman–Crippen LogP) is 3.59. The van der Waals surface area contributed by atoms with Crippen LogP contribution in [0.5, 0.6) is 0 Å². The Labute approximate surface area is 182 Å². The molecule has 168 valence electrons. The van der Waals surface area contributed by atoms with E-state index in [2.05, 4.69) is 37.3 Å². The standard InChI is InChI=1S/C22H26F2N6O.2H2/c1-16-9-19(14-20(10-16)29-6-4-28(5-7-29)3-2-8-31)26-22-25-15-30(27-22)21-12-17(23)11-18(24)13-21;;/h9-15,31H,2-8H2,1H3,(H,26,27);2*1H. The molecule has 0 radical (unpaired) electrons. The molecular weight excluding hydrogens is 402 g/mol. The molecule has 1 saturated heterocycles. The fourth-order valence-electron chi connectivity index (χ4n) is 3.79. The van der Waals surface area contributed by atoms with Gasteiger partial charge in [-0.1, -0.05) is 0 Å². The van der Waals surface area contributed by atoms with Gasteiger partial charge in [-0.2, -0.15) is 4.98 Å². The van der Waals surface area contributed by atoms with Crippen LogP contribution in [-0.2, 0) is 0 Å². The van der Waals surface area contributed by atoms with Crippen LogP contribution in [0.15, 0.2) is 42.7 Å². The van der Waals surface area contributed by atoms with Crippen molar-refractivity contribution >= 4 is 17.3 Å². The van der Waals surface area contributed by atoms with Crippen molar-refractivity contribution in [3.8, 4) is 5.69 Å². The molecule has 3 aromatic rings. The Morgan fingerprint density at radius 3 is 2.45 bits per heavy atom. The SMILES string of the molecule is Cc1cc(Nc2ncn(-c3cc(F)cc(F)c3)n2)cc(N2CCN(CCCO)CC2)c1.[HH].[HH]. The molecule has 1 fully saturated rings. The first-order valence-corrected chi connectivity index (χ1v) is 10.4. The molecule has 1 aromatic heterocycles. The maximum Gasteiger partial charge on any atom is 0.246 e. The number of hydrogen-bond acceptors (Lipinski definition) is 6. The summed E-state index contributed by atoms with van der Waals surface area (Å²) in [6, 6.07) is 9.43. The molecular formula is C22H30F2N6O. The van der Waals surface area contributed by atoms with Gasteiger partial charge in [0.15, 0.2) is 0 Å². The lowest BCUT2D eigenvalue weighted by Gasteiger charge is -2.36. The summed E-state index contributed by atoms with van der Waals surface area (Å²) in [5.74, 6) is -0.991. The van der Waals surface area contributed by atoms with Crippen molar-refractivity contribution in [2.45, 2.75) is 13.3 Å². The number of rotatable bonds is 7. The number of piperazine rings is 1. The highest BCUT2D eigenvalue weighted by Crippen LogP contribution is 2.25. The summed E-state index contributed by atoms with van der Waals surface area (Å²) >= 11 is 0. The molecule has 7 nitrogen and oxygen atoms in total. The van der Waals surface area contributed by atoms with Gasteiger partial charge < -0.3 is 15.3 Å². The minimum absolute atomic E-state index is 0. The van der Waals surface area contributed by atoms with E-state index >= 15 is 0 Å². The number of aliphatic hydroxyl groups excluding tert-OH is 1. The van der Waals surface area contributed by atoms with E-state index in [9.17, 15) is 8.78 Å². The van der Waals surface area contributed by atoms with Gasteiger partial charge in [0.1, 0.15) is 18.0 Å². The number of aliphatic hydroxyl groups is 1. The summed E-state index contributed by atoms with van der Waals surface area (Å²) in [4.78, 5) is 8.92. The third kappa shape index (κ3) is 5.36. The number of halogens is 2. The largest absolute Gasteiger partial charge is 0.396 e. The van der Waals surface area contributed by atoms with Crippen molar-refractivity contribution in [2.75, 3.05) is 49.5 Å². The first-order valence-electron chi connectivity index (χ1n) is 10.4. The number of hydrogen-bond donors (Lipinski definition) is 2. The van der Waals surface area contributed by atoms with Crippen LogP contribution in [0.25, 0.3) is 5.69 Å². The number of aromatic nitrogens is 3. The first kappa shape index (κ1) is 21.2. The summed E-state index contributed by atoms with van der Waals surface area (Å²) in [7, 11) is 0. The van der Waals surface area contributed by atoms with Crippen LogP contribution >= 0.6 is 0 Å². The molecule has 31 heavy (non-hydrogen) atoms. The highest BCUT2D eigenvalue weighted by molar-refractivity contribution is 5.64. The van der Waals surface area contributed by atoms with Gasteiger partial charge in [-0.15, -0.1) is 5.10 Å². The topological polar surface area (TPSA) is 69.5 Å². The Balaban J connectivity index is 0.00000193. The minimum atomic E-state index is -0.667. The summed E-state index contributed by atoms with van der Waals surface area (Å²) in [5.41, 5.74) is 3.34.